The van der Waals surface area contributed by atoms with Gasteiger partial charge in [-0.2, -0.15) is 22.6 Å². The highest BCUT2D eigenvalue weighted by Gasteiger charge is 2.39. The van der Waals surface area contributed by atoms with Crippen LogP contribution in [0.4, 0.5) is 13.2 Å². The molecule has 0 saturated heterocycles. The van der Waals surface area contributed by atoms with Gasteiger partial charge in [0.15, 0.2) is 11.4 Å². The Balaban J connectivity index is 1.73. The Kier molecular flexibility index (Phi) is 3.74. The van der Waals surface area contributed by atoms with Crippen molar-refractivity contribution in [1.82, 2.24) is 24.5 Å². The minimum absolute atomic E-state index is 0.110. The number of nitrogens with one attached hydrogen (secondary N) is 1. The highest BCUT2D eigenvalue weighted by atomic mass is 32.2. The summed E-state index contributed by atoms with van der Waals surface area (Å²) in [5, 5.41) is 8.35. The van der Waals surface area contributed by atoms with E-state index in [9.17, 15) is 21.6 Å². The summed E-state index contributed by atoms with van der Waals surface area (Å²) < 4.78 is 62.4. The van der Waals surface area contributed by atoms with Gasteiger partial charge in [-0.3, -0.25) is 5.10 Å². The lowest BCUT2D eigenvalue weighted by atomic mass is 10.0. The Hall–Kier alpha value is -2.53. The largest absolute Gasteiger partial charge is 0.404 e. The van der Waals surface area contributed by atoms with Crippen molar-refractivity contribution < 1.29 is 21.6 Å². The van der Waals surface area contributed by atoms with Gasteiger partial charge in [0.25, 0.3) is 0 Å². The molecule has 4 rings (SSSR count). The van der Waals surface area contributed by atoms with Crippen molar-refractivity contribution >= 4 is 37.5 Å². The molecule has 1 aliphatic rings. The van der Waals surface area contributed by atoms with Crippen molar-refractivity contribution in [3.8, 4) is 0 Å². The average molecular weight is 383 g/mol. The molecular weight excluding hydrogens is 371 g/mol. The number of nitrogens with zero attached hydrogens (tertiary/aromatic N) is 4. The molecular formula is C15H12F3N5O2S. The van der Waals surface area contributed by atoms with E-state index < -0.39 is 22.0 Å². The Labute approximate surface area is 145 Å². The van der Waals surface area contributed by atoms with Crippen LogP contribution < -0.4 is 0 Å². The highest BCUT2D eigenvalue weighted by Crippen LogP contribution is 2.32. The molecule has 11 heteroatoms. The SMILES string of the molecule is O=S(=O)(CC(F)(F)F)N1CC=C(c2cn[nH]c3cnc4nccc4c23)C1. The number of hydrogen-bond acceptors (Lipinski definition) is 5. The lowest BCUT2D eigenvalue weighted by molar-refractivity contribution is -0.106. The molecule has 0 unspecified atom stereocenters. The lowest BCUT2D eigenvalue weighted by Gasteiger charge is -2.18. The maximum Gasteiger partial charge on any atom is 0.404 e. The number of rotatable bonds is 3. The molecule has 0 saturated carbocycles. The third-order valence-corrected chi connectivity index (χ3v) is 5.91. The normalized spacial score (nSPS) is 16.5. The van der Waals surface area contributed by atoms with Gasteiger partial charge in [0.2, 0.25) is 10.0 Å². The minimum atomic E-state index is -4.78. The van der Waals surface area contributed by atoms with Gasteiger partial charge in [-0.25, -0.2) is 18.4 Å². The second kappa shape index (κ2) is 5.74. The summed E-state index contributed by atoms with van der Waals surface area (Å²) in [6.45, 7) is -0.251. The van der Waals surface area contributed by atoms with Crippen molar-refractivity contribution in [2.24, 2.45) is 0 Å². The van der Waals surface area contributed by atoms with Crippen LogP contribution in [0.2, 0.25) is 0 Å². The third kappa shape index (κ3) is 2.92. The Morgan fingerprint density at radius 1 is 1.23 bits per heavy atom. The lowest BCUT2D eigenvalue weighted by Crippen LogP contribution is -2.36. The van der Waals surface area contributed by atoms with E-state index in [1.165, 1.54) is 6.20 Å². The van der Waals surface area contributed by atoms with Crippen molar-refractivity contribution in [3.63, 3.8) is 0 Å². The van der Waals surface area contributed by atoms with Crippen LogP contribution in [-0.2, 0) is 10.0 Å². The zero-order valence-electron chi connectivity index (χ0n) is 13.2. The Morgan fingerprint density at radius 2 is 2.04 bits per heavy atom. The number of hydrogen-bond donors (Lipinski definition) is 1. The van der Waals surface area contributed by atoms with Crippen LogP contribution in [0.15, 0.2) is 30.7 Å². The quantitative estimate of drug-likeness (QED) is 0.748. The average Bonchev–Trinajstić information content (AvgIpc) is 3.21. The number of fused-ring (bicyclic) bond motifs is 3. The Bertz CT molecular complexity index is 1140. The summed E-state index contributed by atoms with van der Waals surface area (Å²) in [7, 11) is -4.44. The van der Waals surface area contributed by atoms with Crippen molar-refractivity contribution in [2.75, 3.05) is 18.8 Å². The zero-order chi connectivity index (χ0) is 18.5. The first-order chi connectivity index (χ1) is 12.2. The van der Waals surface area contributed by atoms with Crippen LogP contribution >= 0.6 is 0 Å². The second-order valence-electron chi connectivity index (χ2n) is 5.91. The minimum Gasteiger partial charge on any atom is -0.276 e. The van der Waals surface area contributed by atoms with E-state index in [-0.39, 0.29) is 13.1 Å². The van der Waals surface area contributed by atoms with Gasteiger partial charge in [0.05, 0.1) is 17.9 Å². The van der Waals surface area contributed by atoms with Crippen molar-refractivity contribution in [2.45, 2.75) is 6.18 Å². The predicted octanol–water partition coefficient (Wildman–Crippen LogP) is 2.10. The molecule has 0 aromatic carbocycles. The summed E-state index contributed by atoms with van der Waals surface area (Å²) in [5.41, 5.74) is 2.39. The number of alkyl halides is 3. The predicted molar refractivity (Wildman–Crippen MR) is 88.6 cm³/mol. The van der Waals surface area contributed by atoms with E-state index in [0.29, 0.717) is 22.3 Å². The van der Waals surface area contributed by atoms with E-state index in [1.807, 2.05) is 0 Å². The van der Waals surface area contributed by atoms with Gasteiger partial charge in [0, 0.05) is 35.6 Å². The van der Waals surface area contributed by atoms with Gasteiger partial charge < -0.3 is 0 Å². The van der Waals surface area contributed by atoms with E-state index in [0.717, 1.165) is 15.1 Å². The van der Waals surface area contributed by atoms with Crippen LogP contribution in [0.5, 0.6) is 0 Å². The summed E-state index contributed by atoms with van der Waals surface area (Å²) in [5.74, 6) is -1.87. The maximum atomic E-state index is 12.5. The molecule has 0 fully saturated rings. The van der Waals surface area contributed by atoms with Crippen molar-refractivity contribution in [1.29, 1.82) is 0 Å². The van der Waals surface area contributed by atoms with Crippen LogP contribution in [-0.4, -0.2) is 57.9 Å². The van der Waals surface area contributed by atoms with Crippen LogP contribution in [0, 0.1) is 0 Å². The molecule has 4 heterocycles. The number of pyridine rings is 1. The fourth-order valence-electron chi connectivity index (χ4n) is 3.05. The molecule has 0 bridgehead atoms. The van der Waals surface area contributed by atoms with Crippen molar-refractivity contribution in [3.05, 3.63) is 36.3 Å². The first-order valence-corrected chi connectivity index (χ1v) is 9.16. The maximum absolute atomic E-state index is 12.5. The Morgan fingerprint density at radius 3 is 2.81 bits per heavy atom. The van der Waals surface area contributed by atoms with Gasteiger partial charge in [0.1, 0.15) is 0 Å². The molecule has 3 aromatic heterocycles. The molecule has 7 nitrogen and oxygen atoms in total. The standard InChI is InChI=1S/C15H12F3N5O2S/c16-15(17,18)8-26(24,25)23-4-2-9(7-23)11-5-21-22-12-6-20-14-10(13(11)12)1-3-19-14/h1-3,5-6,22H,4,7-8H2. The van der Waals surface area contributed by atoms with Crippen LogP contribution in [0.3, 0.4) is 0 Å². The van der Waals surface area contributed by atoms with E-state index >= 15 is 0 Å². The molecule has 0 atom stereocenters. The number of sulfonamides is 1. The van der Waals surface area contributed by atoms with Gasteiger partial charge >= 0.3 is 6.18 Å². The first-order valence-electron chi connectivity index (χ1n) is 7.55. The van der Waals surface area contributed by atoms with E-state index in [1.54, 1.807) is 24.5 Å². The number of halogens is 3. The summed E-state index contributed by atoms with van der Waals surface area (Å²) in [6.07, 6.45) is 1.52. The number of aromatic nitrogens is 4. The molecule has 26 heavy (non-hydrogen) atoms. The van der Waals surface area contributed by atoms with Gasteiger partial charge in [-0.15, -0.1) is 0 Å². The molecule has 0 amide bonds. The fourth-order valence-corrected chi connectivity index (χ4v) is 4.28. The molecule has 1 N–H and O–H groups in total. The molecule has 0 radical (unpaired) electrons. The second-order valence-corrected chi connectivity index (χ2v) is 7.87. The van der Waals surface area contributed by atoms with Crippen LogP contribution in [0.1, 0.15) is 5.56 Å². The molecule has 0 spiro atoms. The highest BCUT2D eigenvalue weighted by molar-refractivity contribution is 7.89. The zero-order valence-corrected chi connectivity index (χ0v) is 14.0. The molecule has 0 aliphatic carbocycles. The topological polar surface area (TPSA) is 91.8 Å². The van der Waals surface area contributed by atoms with Crippen LogP contribution in [0.25, 0.3) is 27.5 Å². The summed E-state index contributed by atoms with van der Waals surface area (Å²) in [6, 6.07) is 1.77. The van der Waals surface area contributed by atoms with E-state index in [2.05, 4.69) is 20.2 Å². The summed E-state index contributed by atoms with van der Waals surface area (Å²) >= 11 is 0. The van der Waals surface area contributed by atoms with Gasteiger partial charge in [-0.05, 0) is 11.6 Å². The van der Waals surface area contributed by atoms with Gasteiger partial charge in [-0.1, -0.05) is 6.08 Å². The third-order valence-electron chi connectivity index (χ3n) is 4.15. The molecule has 136 valence electrons. The van der Waals surface area contributed by atoms with E-state index in [4.69, 9.17) is 0 Å². The summed E-state index contributed by atoms with van der Waals surface area (Å²) in [4.78, 5) is 8.33. The molecule has 3 aromatic rings. The number of H-pyrrole nitrogens is 1. The first kappa shape index (κ1) is 16.9. The molecule has 1 aliphatic heterocycles. The smallest absolute Gasteiger partial charge is 0.276 e. The fraction of sp³-hybridized carbons (Fsp3) is 0.267. The monoisotopic (exact) mass is 383 g/mol. The number of aromatic amines is 1.